The van der Waals surface area contributed by atoms with Crippen molar-refractivity contribution in [3.8, 4) is 5.75 Å². The Morgan fingerprint density at radius 3 is 2.42 bits per heavy atom. The molecule has 1 N–H and O–H groups in total. The Kier molecular flexibility index (Phi) is 4.86. The molecule has 1 unspecified atom stereocenters. The fourth-order valence-corrected chi connectivity index (χ4v) is 2.59. The molecule has 0 radical (unpaired) electrons. The third kappa shape index (κ3) is 3.30. The summed E-state index contributed by atoms with van der Waals surface area (Å²) < 4.78 is 6.47. The minimum atomic E-state index is 0.0599. The lowest BCUT2D eigenvalue weighted by Crippen LogP contribution is -2.18. The molecular formula is C15H15BrClNO. The van der Waals surface area contributed by atoms with E-state index in [9.17, 15) is 0 Å². The Morgan fingerprint density at radius 2 is 1.84 bits per heavy atom. The summed E-state index contributed by atoms with van der Waals surface area (Å²) in [6, 6.07) is 13.9. The average molecular weight is 341 g/mol. The molecule has 0 saturated heterocycles. The van der Waals surface area contributed by atoms with Gasteiger partial charge in [-0.1, -0.05) is 39.7 Å². The van der Waals surface area contributed by atoms with Gasteiger partial charge in [0.15, 0.2) is 0 Å². The Balaban J connectivity index is 2.47. The quantitative estimate of drug-likeness (QED) is 0.889. The zero-order chi connectivity index (χ0) is 13.8. The van der Waals surface area contributed by atoms with Crippen LogP contribution < -0.4 is 10.1 Å². The van der Waals surface area contributed by atoms with Gasteiger partial charge in [-0.3, -0.25) is 0 Å². The number of hydrogen-bond acceptors (Lipinski definition) is 2. The SMILES string of the molecule is CNC(c1ccc(Cl)cc1)c1cc(Br)ccc1OC. The molecule has 0 bridgehead atoms. The number of halogens is 2. The highest BCUT2D eigenvalue weighted by atomic mass is 79.9. The van der Waals surface area contributed by atoms with Gasteiger partial charge in [0.2, 0.25) is 0 Å². The molecule has 0 aliphatic rings. The van der Waals surface area contributed by atoms with E-state index >= 15 is 0 Å². The molecule has 0 saturated carbocycles. The van der Waals surface area contributed by atoms with Gasteiger partial charge in [0.25, 0.3) is 0 Å². The van der Waals surface area contributed by atoms with Crippen molar-refractivity contribution >= 4 is 27.5 Å². The van der Waals surface area contributed by atoms with Gasteiger partial charge in [-0.15, -0.1) is 0 Å². The van der Waals surface area contributed by atoms with Crippen LogP contribution in [0.3, 0.4) is 0 Å². The van der Waals surface area contributed by atoms with Gasteiger partial charge < -0.3 is 10.1 Å². The fraction of sp³-hybridized carbons (Fsp3) is 0.200. The van der Waals surface area contributed by atoms with Crippen molar-refractivity contribution in [1.29, 1.82) is 0 Å². The van der Waals surface area contributed by atoms with Crippen LogP contribution in [0, 0.1) is 0 Å². The molecule has 0 fully saturated rings. The van der Waals surface area contributed by atoms with E-state index in [4.69, 9.17) is 16.3 Å². The highest BCUT2D eigenvalue weighted by molar-refractivity contribution is 9.10. The molecule has 0 aliphatic carbocycles. The predicted molar refractivity (Wildman–Crippen MR) is 83.0 cm³/mol. The Hall–Kier alpha value is -1.03. The van der Waals surface area contributed by atoms with Crippen LogP contribution in [0.5, 0.6) is 5.75 Å². The monoisotopic (exact) mass is 339 g/mol. The average Bonchev–Trinajstić information content (AvgIpc) is 2.42. The van der Waals surface area contributed by atoms with Crippen LogP contribution >= 0.6 is 27.5 Å². The summed E-state index contributed by atoms with van der Waals surface area (Å²) in [4.78, 5) is 0. The molecule has 4 heteroatoms. The van der Waals surface area contributed by atoms with E-state index in [1.165, 1.54) is 0 Å². The third-order valence-electron chi connectivity index (χ3n) is 2.99. The first-order valence-electron chi connectivity index (χ1n) is 5.92. The van der Waals surface area contributed by atoms with E-state index in [0.29, 0.717) is 0 Å². The molecule has 2 nitrogen and oxygen atoms in total. The van der Waals surface area contributed by atoms with Gasteiger partial charge in [-0.2, -0.15) is 0 Å². The number of hydrogen-bond donors (Lipinski definition) is 1. The summed E-state index contributed by atoms with van der Waals surface area (Å²) in [6.45, 7) is 0. The van der Waals surface area contributed by atoms with E-state index < -0.39 is 0 Å². The van der Waals surface area contributed by atoms with Crippen molar-refractivity contribution in [2.24, 2.45) is 0 Å². The lowest BCUT2D eigenvalue weighted by atomic mass is 9.98. The number of nitrogens with one attached hydrogen (secondary N) is 1. The maximum atomic E-state index is 5.94. The third-order valence-corrected chi connectivity index (χ3v) is 3.74. The molecule has 0 amide bonds. The predicted octanol–water partition coefficient (Wildman–Crippen LogP) is 4.42. The number of ether oxygens (including phenoxy) is 1. The molecule has 0 aliphatic heterocycles. The molecule has 0 aromatic heterocycles. The molecule has 0 heterocycles. The van der Waals surface area contributed by atoms with E-state index in [2.05, 4.69) is 27.3 Å². The molecule has 19 heavy (non-hydrogen) atoms. The standard InChI is InChI=1S/C15H15BrClNO/c1-18-15(10-3-6-12(17)7-4-10)13-9-11(16)5-8-14(13)19-2/h3-9,15,18H,1-2H3. The largest absolute Gasteiger partial charge is 0.496 e. The zero-order valence-electron chi connectivity index (χ0n) is 10.8. The molecule has 2 rings (SSSR count). The highest BCUT2D eigenvalue weighted by Crippen LogP contribution is 2.32. The molecule has 2 aromatic rings. The maximum Gasteiger partial charge on any atom is 0.124 e. The van der Waals surface area contributed by atoms with E-state index in [1.807, 2.05) is 43.4 Å². The van der Waals surface area contributed by atoms with Crippen molar-refractivity contribution in [2.45, 2.75) is 6.04 Å². The van der Waals surface area contributed by atoms with Crippen LogP contribution in [0.4, 0.5) is 0 Å². The van der Waals surface area contributed by atoms with Crippen LogP contribution in [0.25, 0.3) is 0 Å². The van der Waals surface area contributed by atoms with E-state index in [-0.39, 0.29) is 6.04 Å². The smallest absolute Gasteiger partial charge is 0.124 e. The van der Waals surface area contributed by atoms with Crippen LogP contribution in [0.1, 0.15) is 17.2 Å². The van der Waals surface area contributed by atoms with Gasteiger partial charge in [0, 0.05) is 15.1 Å². The number of benzene rings is 2. The van der Waals surface area contributed by atoms with E-state index in [0.717, 1.165) is 26.4 Å². The maximum absolute atomic E-state index is 5.94. The van der Waals surface area contributed by atoms with Crippen LogP contribution in [0.2, 0.25) is 5.02 Å². The summed E-state index contributed by atoms with van der Waals surface area (Å²) in [5.74, 6) is 0.859. The second-order valence-corrected chi connectivity index (χ2v) is 5.51. The van der Waals surface area contributed by atoms with Crippen molar-refractivity contribution in [3.05, 3.63) is 63.1 Å². The Bertz CT molecular complexity index is 557. The van der Waals surface area contributed by atoms with Gasteiger partial charge in [0.1, 0.15) is 5.75 Å². The summed E-state index contributed by atoms with van der Waals surface area (Å²) in [7, 11) is 3.61. The van der Waals surface area contributed by atoms with Crippen LogP contribution in [0.15, 0.2) is 46.9 Å². The first-order valence-corrected chi connectivity index (χ1v) is 7.09. The van der Waals surface area contributed by atoms with Gasteiger partial charge >= 0.3 is 0 Å². The first kappa shape index (κ1) is 14.4. The summed E-state index contributed by atoms with van der Waals surface area (Å²) in [5, 5.41) is 4.05. The summed E-state index contributed by atoms with van der Waals surface area (Å²) in [6.07, 6.45) is 0. The van der Waals surface area contributed by atoms with Crippen LogP contribution in [-0.4, -0.2) is 14.2 Å². The fourth-order valence-electron chi connectivity index (χ4n) is 2.09. The lowest BCUT2D eigenvalue weighted by molar-refractivity contribution is 0.405. The molecule has 0 spiro atoms. The van der Waals surface area contributed by atoms with Gasteiger partial charge in [-0.25, -0.2) is 0 Å². The van der Waals surface area contributed by atoms with Crippen molar-refractivity contribution < 1.29 is 4.74 Å². The zero-order valence-corrected chi connectivity index (χ0v) is 13.1. The Labute approximate surface area is 126 Å². The second-order valence-electron chi connectivity index (χ2n) is 4.16. The molecule has 100 valence electrons. The first-order chi connectivity index (χ1) is 9.15. The lowest BCUT2D eigenvalue weighted by Gasteiger charge is -2.20. The van der Waals surface area contributed by atoms with Crippen molar-refractivity contribution in [1.82, 2.24) is 5.32 Å². The second kappa shape index (κ2) is 6.42. The molecular weight excluding hydrogens is 326 g/mol. The minimum Gasteiger partial charge on any atom is -0.496 e. The number of methoxy groups -OCH3 is 1. The van der Waals surface area contributed by atoms with Crippen molar-refractivity contribution in [2.75, 3.05) is 14.2 Å². The van der Waals surface area contributed by atoms with Crippen LogP contribution in [-0.2, 0) is 0 Å². The Morgan fingerprint density at radius 1 is 1.16 bits per heavy atom. The van der Waals surface area contributed by atoms with Gasteiger partial charge in [0.05, 0.1) is 13.2 Å². The van der Waals surface area contributed by atoms with Crippen molar-refractivity contribution in [3.63, 3.8) is 0 Å². The molecule has 1 atom stereocenters. The summed E-state index contributed by atoms with van der Waals surface area (Å²) in [5.41, 5.74) is 2.23. The van der Waals surface area contributed by atoms with E-state index in [1.54, 1.807) is 7.11 Å². The topological polar surface area (TPSA) is 21.3 Å². The summed E-state index contributed by atoms with van der Waals surface area (Å²) >= 11 is 9.44. The normalized spacial score (nSPS) is 12.2. The number of rotatable bonds is 4. The van der Waals surface area contributed by atoms with Gasteiger partial charge in [-0.05, 0) is 42.9 Å². The molecule has 2 aromatic carbocycles. The highest BCUT2D eigenvalue weighted by Gasteiger charge is 2.16. The minimum absolute atomic E-state index is 0.0599.